The van der Waals surface area contributed by atoms with E-state index in [0.29, 0.717) is 0 Å². The summed E-state index contributed by atoms with van der Waals surface area (Å²) in [6.45, 7) is -0.422. The van der Waals surface area contributed by atoms with E-state index in [9.17, 15) is 18.3 Å². The molecule has 1 aliphatic heterocycles. The Morgan fingerprint density at radius 3 is 2.71 bits per heavy atom. The Kier molecular flexibility index (Phi) is 4.58. The van der Waals surface area contributed by atoms with Gasteiger partial charge in [0.1, 0.15) is 11.2 Å². The van der Waals surface area contributed by atoms with Crippen LogP contribution in [0, 0.1) is 0 Å². The number of hydrogen-bond acceptors (Lipinski definition) is 4. The van der Waals surface area contributed by atoms with Crippen molar-refractivity contribution in [3.8, 4) is 0 Å². The van der Waals surface area contributed by atoms with Crippen molar-refractivity contribution in [2.24, 2.45) is 5.11 Å². The fourth-order valence-corrected chi connectivity index (χ4v) is 2.46. The Morgan fingerprint density at radius 1 is 1.48 bits per heavy atom. The van der Waals surface area contributed by atoms with Gasteiger partial charge in [-0.25, -0.2) is 4.98 Å². The van der Waals surface area contributed by atoms with Crippen LogP contribution in [0.4, 0.5) is 13.2 Å². The lowest BCUT2D eigenvalue weighted by molar-refractivity contribution is -0.184. The molecule has 6 nitrogen and oxygen atoms in total. The van der Waals surface area contributed by atoms with E-state index in [1.807, 2.05) is 0 Å². The molecule has 0 aliphatic carbocycles. The van der Waals surface area contributed by atoms with Gasteiger partial charge in [0.2, 0.25) is 0 Å². The molecular formula is C11H11ClF3N5O. The van der Waals surface area contributed by atoms with Gasteiger partial charge in [-0.05, 0) is 17.2 Å². The topological polar surface area (TPSA) is 85.1 Å². The van der Waals surface area contributed by atoms with Gasteiger partial charge in [-0.2, -0.15) is 13.2 Å². The zero-order valence-electron chi connectivity index (χ0n) is 10.6. The summed E-state index contributed by atoms with van der Waals surface area (Å²) in [6, 6.07) is -0.329. The molecule has 1 aliphatic rings. The summed E-state index contributed by atoms with van der Waals surface area (Å²) in [5, 5.41) is 13.1. The summed E-state index contributed by atoms with van der Waals surface area (Å²) in [7, 11) is 0. The van der Waals surface area contributed by atoms with Gasteiger partial charge in [-0.3, -0.25) is 4.90 Å². The molecule has 1 unspecified atom stereocenters. The van der Waals surface area contributed by atoms with Crippen LogP contribution in [0.3, 0.4) is 0 Å². The highest BCUT2D eigenvalue weighted by Gasteiger charge is 2.48. The lowest BCUT2D eigenvalue weighted by Gasteiger charge is -2.29. The normalized spacial score (nSPS) is 24.6. The predicted octanol–water partition coefficient (Wildman–Crippen LogP) is 2.69. The second kappa shape index (κ2) is 6.07. The minimum absolute atomic E-state index is 0.0827. The van der Waals surface area contributed by atoms with E-state index in [0.717, 1.165) is 11.1 Å². The summed E-state index contributed by atoms with van der Waals surface area (Å²) in [4.78, 5) is 7.21. The van der Waals surface area contributed by atoms with Crippen LogP contribution in [0.25, 0.3) is 10.4 Å². The highest BCUT2D eigenvalue weighted by molar-refractivity contribution is 6.29. The highest BCUT2D eigenvalue weighted by atomic mass is 35.5. The van der Waals surface area contributed by atoms with Crippen LogP contribution in [0.15, 0.2) is 23.4 Å². The van der Waals surface area contributed by atoms with Gasteiger partial charge >= 0.3 is 6.18 Å². The lowest BCUT2D eigenvalue weighted by Crippen LogP contribution is -2.37. The molecule has 0 radical (unpaired) electrons. The first-order chi connectivity index (χ1) is 9.82. The van der Waals surface area contributed by atoms with E-state index < -0.39 is 24.4 Å². The zero-order valence-corrected chi connectivity index (χ0v) is 11.3. The standard InChI is InChI=1S/C11H11ClF3N5O/c12-9-2-1-6(3-17-9)10(11(13,14)15)20-4-7(18-19-16)8(21)5-20/h1-3,7-8,10,21H,4-5H2/t7?,8-,10-/m1/s1. The number of likely N-dealkylation sites (tertiary alicyclic amines) is 1. The van der Waals surface area contributed by atoms with Crippen LogP contribution >= 0.6 is 11.6 Å². The van der Waals surface area contributed by atoms with Gasteiger partial charge in [0.25, 0.3) is 0 Å². The van der Waals surface area contributed by atoms with Crippen molar-refractivity contribution in [2.45, 2.75) is 24.4 Å². The van der Waals surface area contributed by atoms with Gasteiger partial charge in [0.05, 0.1) is 12.1 Å². The number of aromatic nitrogens is 1. The third-order valence-corrected chi connectivity index (χ3v) is 3.45. The summed E-state index contributed by atoms with van der Waals surface area (Å²) < 4.78 is 39.9. The van der Waals surface area contributed by atoms with Gasteiger partial charge in [-0.15, -0.1) is 0 Å². The Hall–Kier alpha value is -1.54. The van der Waals surface area contributed by atoms with Crippen molar-refractivity contribution in [3.63, 3.8) is 0 Å². The molecule has 1 aromatic rings. The number of β-amino-alcohol motifs (C(OH)–C–C–N with tert-alkyl or cyclic N) is 1. The predicted molar refractivity (Wildman–Crippen MR) is 68.6 cm³/mol. The van der Waals surface area contributed by atoms with Crippen LogP contribution in [0.2, 0.25) is 5.15 Å². The quantitative estimate of drug-likeness (QED) is 0.402. The van der Waals surface area contributed by atoms with E-state index in [-0.39, 0.29) is 23.8 Å². The molecule has 1 saturated heterocycles. The van der Waals surface area contributed by atoms with Crippen molar-refractivity contribution < 1.29 is 18.3 Å². The first-order valence-electron chi connectivity index (χ1n) is 5.97. The molecule has 0 aromatic carbocycles. The number of hydrogen-bond donors (Lipinski definition) is 1. The molecule has 21 heavy (non-hydrogen) atoms. The Bertz CT molecular complexity index is 546. The molecule has 1 N–H and O–H groups in total. The highest BCUT2D eigenvalue weighted by Crippen LogP contribution is 2.39. The molecule has 0 spiro atoms. The first kappa shape index (κ1) is 15.8. The number of aliphatic hydroxyl groups is 1. The Morgan fingerprint density at radius 2 is 2.19 bits per heavy atom. The lowest BCUT2D eigenvalue weighted by atomic mass is 10.1. The average molecular weight is 322 g/mol. The maximum absolute atomic E-state index is 13.3. The Balaban J connectivity index is 2.30. The van der Waals surface area contributed by atoms with Gasteiger partial charge in [-0.1, -0.05) is 22.8 Å². The maximum atomic E-state index is 13.3. The summed E-state index contributed by atoms with van der Waals surface area (Å²) in [6.07, 6.45) is -4.64. The van der Waals surface area contributed by atoms with Crippen LogP contribution in [0.5, 0.6) is 0 Å². The molecule has 0 bridgehead atoms. The van der Waals surface area contributed by atoms with Crippen molar-refractivity contribution in [1.29, 1.82) is 0 Å². The number of nitrogens with zero attached hydrogens (tertiary/aromatic N) is 5. The Labute approximate surface area is 122 Å². The summed E-state index contributed by atoms with van der Waals surface area (Å²) in [5.41, 5.74) is 8.28. The zero-order chi connectivity index (χ0) is 15.6. The summed E-state index contributed by atoms with van der Waals surface area (Å²) in [5.74, 6) is 0. The second-order valence-corrected chi connectivity index (χ2v) is 5.04. The fourth-order valence-electron chi connectivity index (χ4n) is 2.34. The van der Waals surface area contributed by atoms with Crippen molar-refractivity contribution in [2.75, 3.05) is 13.1 Å². The smallest absolute Gasteiger partial charge is 0.391 e. The fraction of sp³-hybridized carbons (Fsp3) is 0.545. The van der Waals surface area contributed by atoms with Crippen molar-refractivity contribution >= 4 is 11.6 Å². The third kappa shape index (κ3) is 3.56. The van der Waals surface area contributed by atoms with E-state index in [1.54, 1.807) is 0 Å². The van der Waals surface area contributed by atoms with Gasteiger partial charge in [0, 0.05) is 24.2 Å². The molecule has 0 amide bonds. The molecule has 2 rings (SSSR count). The van der Waals surface area contributed by atoms with E-state index >= 15 is 0 Å². The number of alkyl halides is 3. The molecule has 114 valence electrons. The minimum Gasteiger partial charge on any atom is -0.391 e. The molecule has 2 heterocycles. The molecule has 10 heteroatoms. The average Bonchev–Trinajstić information content (AvgIpc) is 2.72. The third-order valence-electron chi connectivity index (χ3n) is 3.23. The van der Waals surface area contributed by atoms with Gasteiger partial charge < -0.3 is 5.11 Å². The maximum Gasteiger partial charge on any atom is 0.408 e. The van der Waals surface area contributed by atoms with Gasteiger partial charge in [0.15, 0.2) is 0 Å². The van der Waals surface area contributed by atoms with Crippen LogP contribution < -0.4 is 0 Å². The number of pyridine rings is 1. The van der Waals surface area contributed by atoms with Crippen LogP contribution in [-0.4, -0.2) is 46.4 Å². The molecule has 3 atom stereocenters. The molecule has 0 saturated carbocycles. The van der Waals surface area contributed by atoms with Crippen molar-refractivity contribution in [1.82, 2.24) is 9.88 Å². The molecule has 1 fully saturated rings. The minimum atomic E-state index is -4.56. The number of aliphatic hydroxyl groups excluding tert-OH is 1. The SMILES string of the molecule is [N-]=[N+]=NC1CN([C@H](c2ccc(Cl)nc2)C(F)(F)F)C[C@H]1O. The van der Waals surface area contributed by atoms with Crippen LogP contribution in [0.1, 0.15) is 11.6 Å². The van der Waals surface area contributed by atoms with E-state index in [1.165, 1.54) is 12.1 Å². The number of azide groups is 1. The van der Waals surface area contributed by atoms with Crippen molar-refractivity contribution in [3.05, 3.63) is 39.5 Å². The second-order valence-electron chi connectivity index (χ2n) is 4.65. The largest absolute Gasteiger partial charge is 0.408 e. The van der Waals surface area contributed by atoms with Crippen LogP contribution in [-0.2, 0) is 0 Å². The first-order valence-corrected chi connectivity index (χ1v) is 6.35. The van der Waals surface area contributed by atoms with E-state index in [2.05, 4.69) is 15.0 Å². The summed E-state index contributed by atoms with van der Waals surface area (Å²) >= 11 is 5.58. The van der Waals surface area contributed by atoms with E-state index in [4.69, 9.17) is 17.1 Å². The monoisotopic (exact) mass is 321 g/mol. The molecular weight excluding hydrogens is 311 g/mol. The number of rotatable bonds is 3. The number of halogens is 4. The molecule has 1 aromatic heterocycles.